The minimum Gasteiger partial charge on any atom is -0.337 e. The Hall–Kier alpha value is -3.19. The summed E-state index contributed by atoms with van der Waals surface area (Å²) < 4.78 is 27.5. The molecule has 0 aliphatic carbocycles. The number of hydrogen-bond donors (Lipinski definition) is 0. The van der Waals surface area contributed by atoms with Gasteiger partial charge in [-0.15, -0.1) is 0 Å². The molecule has 0 aliphatic heterocycles. The third-order valence-electron chi connectivity index (χ3n) is 4.37. The Labute approximate surface area is 165 Å². The normalized spacial score (nSPS) is 11.1. The fourth-order valence-corrected chi connectivity index (χ4v) is 4.19. The molecule has 28 heavy (non-hydrogen) atoms. The lowest BCUT2D eigenvalue weighted by molar-refractivity contribution is 0.0781. The second-order valence-corrected chi connectivity index (χ2v) is 8.26. The number of carbonyl (C=O) groups is 1. The molecule has 0 bridgehead atoms. The Kier molecular flexibility index (Phi) is 5.75. The van der Waals surface area contributed by atoms with Gasteiger partial charge in [-0.25, -0.2) is 8.42 Å². The van der Waals surface area contributed by atoms with Crippen molar-refractivity contribution in [3.63, 3.8) is 0 Å². The Morgan fingerprint density at radius 2 is 1.61 bits per heavy atom. The number of sulfonamides is 1. The van der Waals surface area contributed by atoms with Crippen LogP contribution in [0.4, 0.5) is 5.69 Å². The lowest BCUT2D eigenvalue weighted by atomic mass is 10.1. The summed E-state index contributed by atoms with van der Waals surface area (Å²) >= 11 is 0. The molecule has 0 fully saturated rings. The first-order chi connectivity index (χ1) is 13.4. The number of aromatic nitrogens is 1. The van der Waals surface area contributed by atoms with Gasteiger partial charge in [-0.2, -0.15) is 0 Å². The summed E-state index contributed by atoms with van der Waals surface area (Å²) in [5.41, 5.74) is 1.52. The van der Waals surface area contributed by atoms with Crippen molar-refractivity contribution >= 4 is 21.6 Å². The van der Waals surface area contributed by atoms with Gasteiger partial charge in [0.05, 0.1) is 17.4 Å². The monoisotopic (exact) mass is 395 g/mol. The first kappa shape index (κ1) is 19.6. The summed E-state index contributed by atoms with van der Waals surface area (Å²) in [6.45, 7) is 0.381. The molecule has 7 heteroatoms. The van der Waals surface area contributed by atoms with E-state index in [1.807, 2.05) is 30.3 Å². The molecule has 1 aromatic heterocycles. The van der Waals surface area contributed by atoms with Crippen LogP contribution in [0.3, 0.4) is 0 Å². The van der Waals surface area contributed by atoms with Crippen LogP contribution in [0.25, 0.3) is 0 Å². The lowest BCUT2D eigenvalue weighted by Crippen LogP contribution is -2.31. The minimum atomic E-state index is -3.93. The van der Waals surface area contributed by atoms with E-state index in [0.29, 0.717) is 12.2 Å². The van der Waals surface area contributed by atoms with Crippen molar-refractivity contribution < 1.29 is 13.2 Å². The fourth-order valence-electron chi connectivity index (χ4n) is 2.83. The number of hydrogen-bond acceptors (Lipinski definition) is 4. The topological polar surface area (TPSA) is 70.6 Å². The van der Waals surface area contributed by atoms with Crippen molar-refractivity contribution in [1.82, 2.24) is 9.88 Å². The highest BCUT2D eigenvalue weighted by atomic mass is 32.2. The molecule has 0 unspecified atom stereocenters. The van der Waals surface area contributed by atoms with Crippen molar-refractivity contribution in [1.29, 1.82) is 0 Å². The maximum Gasteiger partial charge on any atom is 0.264 e. The first-order valence-corrected chi connectivity index (χ1v) is 10.1. The molecule has 144 valence electrons. The molecule has 0 aliphatic rings. The molecule has 0 saturated heterocycles. The summed E-state index contributed by atoms with van der Waals surface area (Å²) in [6, 6.07) is 19.1. The van der Waals surface area contributed by atoms with Gasteiger partial charge < -0.3 is 4.90 Å². The van der Waals surface area contributed by atoms with E-state index >= 15 is 0 Å². The molecule has 0 spiro atoms. The summed E-state index contributed by atoms with van der Waals surface area (Å²) in [7, 11) is -0.826. The summed E-state index contributed by atoms with van der Waals surface area (Å²) in [4.78, 5) is 18.4. The third kappa shape index (κ3) is 4.04. The maximum atomic E-state index is 13.2. The van der Waals surface area contributed by atoms with Crippen LogP contribution in [-0.4, -0.2) is 38.3 Å². The minimum absolute atomic E-state index is 0.0359. The molecule has 2 aromatic carbocycles. The van der Waals surface area contributed by atoms with Gasteiger partial charge in [0.15, 0.2) is 0 Å². The predicted octanol–water partition coefficient (Wildman–Crippen LogP) is 3.18. The van der Waals surface area contributed by atoms with E-state index in [9.17, 15) is 13.2 Å². The summed E-state index contributed by atoms with van der Waals surface area (Å²) in [5.74, 6) is -0.359. The van der Waals surface area contributed by atoms with E-state index in [2.05, 4.69) is 4.98 Å². The van der Waals surface area contributed by atoms with Gasteiger partial charge in [-0.05, 0) is 29.8 Å². The highest BCUT2D eigenvalue weighted by molar-refractivity contribution is 7.92. The molecular formula is C21H21N3O3S. The van der Waals surface area contributed by atoms with Crippen molar-refractivity contribution in [2.75, 3.05) is 18.4 Å². The maximum absolute atomic E-state index is 13.2. The van der Waals surface area contributed by atoms with Gasteiger partial charge in [-0.1, -0.05) is 42.5 Å². The van der Waals surface area contributed by atoms with Gasteiger partial charge in [-0.3, -0.25) is 14.1 Å². The zero-order valence-electron chi connectivity index (χ0n) is 15.7. The van der Waals surface area contributed by atoms with Crippen LogP contribution in [-0.2, 0) is 16.6 Å². The number of benzene rings is 2. The molecule has 0 atom stereocenters. The number of nitrogens with zero attached hydrogens (tertiary/aromatic N) is 3. The molecule has 3 aromatic rings. The molecule has 0 saturated carbocycles. The van der Waals surface area contributed by atoms with Crippen LogP contribution in [0.5, 0.6) is 0 Å². The van der Waals surface area contributed by atoms with Crippen LogP contribution in [0.2, 0.25) is 0 Å². The highest BCUT2D eigenvalue weighted by Crippen LogP contribution is 2.25. The zero-order chi connectivity index (χ0) is 20.1. The molecule has 0 N–H and O–H groups in total. The number of rotatable bonds is 6. The molecule has 6 nitrogen and oxygen atoms in total. The average Bonchev–Trinajstić information content (AvgIpc) is 2.74. The zero-order valence-corrected chi connectivity index (χ0v) is 16.5. The Balaban J connectivity index is 1.93. The van der Waals surface area contributed by atoms with Crippen LogP contribution >= 0.6 is 0 Å². The van der Waals surface area contributed by atoms with Crippen LogP contribution < -0.4 is 4.31 Å². The summed E-state index contributed by atoms with van der Waals surface area (Å²) in [5, 5.41) is 0. The average molecular weight is 395 g/mol. The highest BCUT2D eigenvalue weighted by Gasteiger charge is 2.28. The molecule has 1 amide bonds. The predicted molar refractivity (Wildman–Crippen MR) is 109 cm³/mol. The molecular weight excluding hydrogens is 374 g/mol. The Morgan fingerprint density at radius 1 is 0.929 bits per heavy atom. The number of amides is 1. The van der Waals surface area contributed by atoms with E-state index < -0.39 is 10.0 Å². The molecule has 0 radical (unpaired) electrons. The second kappa shape index (κ2) is 8.22. The summed E-state index contributed by atoms with van der Waals surface area (Å²) in [6.07, 6.45) is 3.03. The van der Waals surface area contributed by atoms with E-state index in [0.717, 1.165) is 9.87 Å². The third-order valence-corrected chi connectivity index (χ3v) is 6.22. The largest absolute Gasteiger partial charge is 0.337 e. The SMILES string of the molecule is CN(Cc1ccccc1)C(=O)c1ccccc1S(=O)(=O)N(C)c1cccnc1. The van der Waals surface area contributed by atoms with E-state index in [4.69, 9.17) is 0 Å². The second-order valence-electron chi connectivity index (χ2n) is 6.33. The number of anilines is 1. The number of carbonyl (C=O) groups excluding carboxylic acids is 1. The smallest absolute Gasteiger partial charge is 0.264 e. The molecule has 1 heterocycles. The fraction of sp³-hybridized carbons (Fsp3) is 0.143. The van der Waals surface area contributed by atoms with Crippen LogP contribution in [0, 0.1) is 0 Å². The first-order valence-electron chi connectivity index (χ1n) is 8.68. The number of pyridine rings is 1. The van der Waals surface area contributed by atoms with Crippen molar-refractivity contribution in [2.24, 2.45) is 0 Å². The van der Waals surface area contributed by atoms with Crippen molar-refractivity contribution in [3.05, 3.63) is 90.3 Å². The Morgan fingerprint density at radius 3 is 2.29 bits per heavy atom. The molecule has 3 rings (SSSR count). The van der Waals surface area contributed by atoms with Gasteiger partial charge in [0.2, 0.25) is 0 Å². The van der Waals surface area contributed by atoms with Gasteiger partial charge >= 0.3 is 0 Å². The van der Waals surface area contributed by atoms with Crippen LogP contribution in [0.1, 0.15) is 15.9 Å². The van der Waals surface area contributed by atoms with E-state index in [1.165, 1.54) is 30.3 Å². The van der Waals surface area contributed by atoms with Gasteiger partial charge in [0.1, 0.15) is 4.90 Å². The standard InChI is InChI=1S/C21H21N3O3S/c1-23(16-17-9-4-3-5-10-17)21(25)19-12-6-7-13-20(19)28(26,27)24(2)18-11-8-14-22-15-18/h3-15H,16H2,1-2H3. The quantitative estimate of drug-likeness (QED) is 0.643. The van der Waals surface area contributed by atoms with Gasteiger partial charge in [0, 0.05) is 26.8 Å². The van der Waals surface area contributed by atoms with E-state index in [1.54, 1.807) is 37.5 Å². The van der Waals surface area contributed by atoms with Crippen LogP contribution in [0.15, 0.2) is 84.0 Å². The Bertz CT molecular complexity index is 1050. The van der Waals surface area contributed by atoms with Gasteiger partial charge in [0.25, 0.3) is 15.9 Å². The van der Waals surface area contributed by atoms with E-state index in [-0.39, 0.29) is 16.4 Å². The van der Waals surface area contributed by atoms with Crippen molar-refractivity contribution in [2.45, 2.75) is 11.4 Å². The van der Waals surface area contributed by atoms with Crippen molar-refractivity contribution in [3.8, 4) is 0 Å². The lowest BCUT2D eigenvalue weighted by Gasteiger charge is -2.23.